The van der Waals surface area contributed by atoms with Crippen molar-refractivity contribution in [3.8, 4) is 66.8 Å². The predicted molar refractivity (Wildman–Crippen MR) is 355 cm³/mol. The zero-order valence-corrected chi connectivity index (χ0v) is 43.4. The molecule has 17 rings (SSSR count). The van der Waals surface area contributed by atoms with Crippen LogP contribution in [-0.2, 0) is 0 Å². The largest absolute Gasteiger partial charge is 0.455 e. The smallest absolute Gasteiger partial charge is 0.143 e. The van der Waals surface area contributed by atoms with E-state index in [0.29, 0.717) is 0 Å². The van der Waals surface area contributed by atoms with Crippen molar-refractivity contribution in [3.63, 3.8) is 0 Å². The second-order valence-electron chi connectivity index (χ2n) is 19.7. The molecule has 0 amide bonds. The van der Waals surface area contributed by atoms with Crippen LogP contribution >= 0.6 is 0 Å². The number of rotatable bonds is 6. The maximum atomic E-state index is 9.68. The lowest BCUT2D eigenvalue weighted by Crippen LogP contribution is -1.91. The van der Waals surface area contributed by atoms with Crippen LogP contribution in [-0.4, -0.2) is 0 Å². The molecule has 0 saturated carbocycles. The Morgan fingerprint density at radius 1 is 0.229 bits per heavy atom. The summed E-state index contributed by atoms with van der Waals surface area (Å²) in [4.78, 5) is 0. The van der Waals surface area contributed by atoms with Gasteiger partial charge in [-0.1, -0.05) is 285 Å². The summed E-state index contributed by atoms with van der Waals surface area (Å²) in [5.41, 5.74) is 4.51. The molecule has 0 saturated heterocycles. The number of benzene rings is 16. The molecule has 0 N–H and O–H groups in total. The van der Waals surface area contributed by atoms with Crippen LogP contribution in [0.5, 0.6) is 0 Å². The van der Waals surface area contributed by atoms with E-state index in [1.165, 1.54) is 65.7 Å². The van der Waals surface area contributed by atoms with Crippen LogP contribution in [0.4, 0.5) is 0 Å². The minimum absolute atomic E-state index is 0.552. The molecule has 386 valence electrons. The fourth-order valence-electron chi connectivity index (χ4n) is 11.5. The summed E-state index contributed by atoms with van der Waals surface area (Å²) in [5.74, 6) is 0. The Bertz CT molecular complexity index is 6840. The van der Waals surface area contributed by atoms with E-state index in [9.17, 15) is 11.0 Å². The summed E-state index contributed by atoms with van der Waals surface area (Å²) in [6, 6.07) is 32.6. The average Bonchev–Trinajstić information content (AvgIpc) is 1.22. The first-order valence-corrected chi connectivity index (χ1v) is 26.5. The van der Waals surface area contributed by atoms with Gasteiger partial charge in [-0.15, -0.1) is 0 Å². The van der Waals surface area contributed by atoms with Gasteiger partial charge in [0.1, 0.15) is 11.2 Å². The first-order chi connectivity index (χ1) is 52.0. The molecule has 1 heteroatoms. The van der Waals surface area contributed by atoms with Gasteiger partial charge in [0.15, 0.2) is 0 Å². The summed E-state index contributed by atoms with van der Waals surface area (Å²) >= 11 is 0. The molecule has 0 aliphatic heterocycles. The van der Waals surface area contributed by atoms with E-state index in [1.807, 2.05) is 0 Å². The molecule has 0 atom stereocenters. The van der Waals surface area contributed by atoms with Crippen molar-refractivity contribution in [1.29, 1.82) is 0 Å². The Kier molecular flexibility index (Phi) is 6.89. The highest BCUT2D eigenvalue weighted by Crippen LogP contribution is 2.49. The predicted octanol–water partition coefficient (Wildman–Crippen LogP) is 23.3. The molecule has 1 nitrogen and oxygen atoms in total. The van der Waals surface area contributed by atoms with Crippen LogP contribution in [0.2, 0.25) is 0 Å². The van der Waals surface area contributed by atoms with Gasteiger partial charge < -0.3 is 4.42 Å². The highest BCUT2D eigenvalue weighted by Gasteiger charge is 2.22. The molecule has 0 bridgehead atoms. The maximum Gasteiger partial charge on any atom is 0.143 e. The fourth-order valence-corrected chi connectivity index (χ4v) is 11.5. The van der Waals surface area contributed by atoms with Crippen LogP contribution < -0.4 is 0 Å². The molecule has 1 aromatic heterocycles. The molecule has 17 aromatic rings. The monoisotopic (exact) mass is 1080 g/mol. The number of furan rings is 1. The van der Waals surface area contributed by atoms with E-state index in [1.54, 1.807) is 0 Å². The summed E-state index contributed by atoms with van der Waals surface area (Å²) in [5, 5.41) is 4.34. The van der Waals surface area contributed by atoms with Crippen LogP contribution in [0.15, 0.2) is 319 Å². The van der Waals surface area contributed by atoms with Crippen molar-refractivity contribution in [1.82, 2.24) is 0 Å². The molecule has 83 heavy (non-hydrogen) atoms. The van der Waals surface area contributed by atoms with Gasteiger partial charge >= 0.3 is 0 Å². The molecule has 0 fully saturated rings. The first-order valence-electron chi connectivity index (χ1n) is 39.5. The molecule has 0 aliphatic carbocycles. The SMILES string of the molecule is [2H]c1c([2H])c(-c2c([2H])c([2H])c3c([2H])c([2H])c([2H])c([2H])c3c2[2H])c([2H])c(-c2c3c([2H])c([2H])c([2H])c([2H])c3c(-c3c([2H])c([2H])c4c([2H])c([2H])c([2H])c([2H])c4c3[2H])c3c([2H])c([2H])c([2H])c([2H])c23)c1[2H].c1ccc(-c2ccc(-c3c4ccccc4c(-c4cccc5oc6c7ccccc7ccc6c45)c4ccccc34)cc2)cc1. The third-order valence-electron chi connectivity index (χ3n) is 15.1. The lowest BCUT2D eigenvalue weighted by molar-refractivity contribution is 0.673. The van der Waals surface area contributed by atoms with Crippen molar-refractivity contribution >= 4 is 97.3 Å². The molecular formula is C82H52O. The van der Waals surface area contributed by atoms with Gasteiger partial charge in [0, 0.05) is 16.2 Å². The lowest BCUT2D eigenvalue weighted by atomic mass is 9.84. The maximum absolute atomic E-state index is 9.68. The molecule has 0 spiro atoms. The minimum atomic E-state index is -1.06. The standard InChI is InChI=1S/C42H26O.C40H26/c1-2-11-27(12-3-1)28-21-23-30(24-22-28)39-32-15-6-8-17-34(32)40(35-18-9-7-16-33(35)39)36-19-10-20-38-41(36)37-26-25-29-13-4-5-14-31(29)42(37)43-38;1-3-12-29-24-32(22-20-27(29)10-1)31-14-9-15-33(26-31)39-35-16-5-7-18-37(35)40(38-19-8-6-17-36(38)39)34-23-21-28-11-2-4-13-30(28)25-34/h1-26H;1-26H/i;1D,2D,3D,4D,5D,6D,7D,8D,9D,10D,11D,12D,13D,14D,15D,16D,17D,18D,19D,20D,21D,22D,23D,24D,25D,26D. The number of fused-ring (bicyclic) bond motifs is 11. The van der Waals surface area contributed by atoms with Gasteiger partial charge in [0.2, 0.25) is 0 Å². The zero-order valence-electron chi connectivity index (χ0n) is 69.4. The van der Waals surface area contributed by atoms with E-state index < -0.39 is 234 Å². The summed E-state index contributed by atoms with van der Waals surface area (Å²) < 4.78 is 237. The summed E-state index contributed by atoms with van der Waals surface area (Å²) in [7, 11) is 0. The highest BCUT2D eigenvalue weighted by atomic mass is 16.3. The second-order valence-corrected chi connectivity index (χ2v) is 19.7. The topological polar surface area (TPSA) is 13.1 Å². The van der Waals surface area contributed by atoms with Crippen molar-refractivity contribution in [2.45, 2.75) is 0 Å². The normalized spacial score (nSPS) is 16.0. The molecule has 0 unspecified atom stereocenters. The number of hydrogen-bond donors (Lipinski definition) is 0. The van der Waals surface area contributed by atoms with E-state index in [-0.39, 0.29) is 0 Å². The van der Waals surface area contributed by atoms with E-state index >= 15 is 0 Å². The lowest BCUT2D eigenvalue weighted by Gasteiger charge is -2.18. The number of hydrogen-bond acceptors (Lipinski definition) is 1. The van der Waals surface area contributed by atoms with Crippen LogP contribution in [0, 0.1) is 0 Å². The highest BCUT2D eigenvalue weighted by molar-refractivity contribution is 6.27. The van der Waals surface area contributed by atoms with E-state index in [4.69, 9.17) is 29.1 Å². The Balaban J connectivity index is 0.000000180. The van der Waals surface area contributed by atoms with Gasteiger partial charge in [-0.2, -0.15) is 0 Å². The zero-order chi connectivity index (χ0) is 77.4. The van der Waals surface area contributed by atoms with Gasteiger partial charge in [0.25, 0.3) is 0 Å². The van der Waals surface area contributed by atoms with Crippen LogP contribution in [0.25, 0.3) is 164 Å². The first kappa shape index (κ1) is 28.5. The van der Waals surface area contributed by atoms with Gasteiger partial charge in [-0.25, -0.2) is 0 Å². The van der Waals surface area contributed by atoms with Crippen LogP contribution in [0.1, 0.15) is 35.6 Å². The summed E-state index contributed by atoms with van der Waals surface area (Å²) in [6.07, 6.45) is 0. The summed E-state index contributed by atoms with van der Waals surface area (Å²) in [6.45, 7) is 0. The fraction of sp³-hybridized carbons (Fsp3) is 0. The third kappa shape index (κ3) is 8.24. The van der Waals surface area contributed by atoms with Crippen molar-refractivity contribution in [2.24, 2.45) is 0 Å². The van der Waals surface area contributed by atoms with Gasteiger partial charge in [0.05, 0.1) is 35.6 Å². The Hall–Kier alpha value is -10.9. The quantitative estimate of drug-likeness (QED) is 0.151. The van der Waals surface area contributed by atoms with Crippen molar-refractivity contribution in [3.05, 3.63) is 315 Å². The van der Waals surface area contributed by atoms with E-state index in [0.717, 1.165) is 21.9 Å². The van der Waals surface area contributed by atoms with Crippen molar-refractivity contribution < 1.29 is 40.1 Å². The molecule has 0 aliphatic rings. The van der Waals surface area contributed by atoms with Gasteiger partial charge in [-0.05, 0) is 167 Å². The van der Waals surface area contributed by atoms with Crippen LogP contribution in [0.3, 0.4) is 0 Å². The van der Waals surface area contributed by atoms with Gasteiger partial charge in [-0.3, -0.25) is 0 Å². The Labute approximate surface area is 517 Å². The third-order valence-corrected chi connectivity index (χ3v) is 15.1. The molecule has 16 aromatic carbocycles. The van der Waals surface area contributed by atoms with E-state index in [2.05, 4.69) is 158 Å². The minimum Gasteiger partial charge on any atom is -0.455 e. The average molecular weight is 1080 g/mol. The molecule has 0 radical (unpaired) electrons. The second kappa shape index (κ2) is 20.0. The molecular weight excluding hydrogens is 1000 g/mol. The Morgan fingerprint density at radius 3 is 1.31 bits per heavy atom. The molecule has 1 heterocycles. The Morgan fingerprint density at radius 2 is 0.687 bits per heavy atom. The van der Waals surface area contributed by atoms with Crippen molar-refractivity contribution in [2.75, 3.05) is 0 Å².